The van der Waals surface area contributed by atoms with Gasteiger partial charge in [0.05, 0.1) is 26.4 Å². The highest BCUT2D eigenvalue weighted by atomic mass is 79.9. The number of unbranched alkanes of at least 4 members (excludes halogenated alkanes) is 6. The van der Waals surface area contributed by atoms with E-state index in [9.17, 15) is 0 Å². The Morgan fingerprint density at radius 1 is 0.474 bits per heavy atom. The maximum atomic E-state index is 5.24. The normalized spacial score (nSPS) is 11.8. The topological polar surface area (TPSA) is 43.4 Å². The van der Waals surface area contributed by atoms with Crippen molar-refractivity contribution in [2.75, 3.05) is 94.1 Å². The zero-order valence-electron chi connectivity index (χ0n) is 24.6. The van der Waals surface area contributed by atoms with Gasteiger partial charge in [-0.15, -0.1) is 0 Å². The molecule has 0 aliphatic heterocycles. The third kappa shape index (κ3) is 17.6. The number of hydrogen-bond donors (Lipinski definition) is 0. The zero-order valence-corrected chi connectivity index (χ0v) is 27.8. The molecule has 222 valence electrons. The average Bonchev–Trinajstić information content (AvgIpc) is 2.92. The molecular weight excluding hydrogens is 612 g/mol. The summed E-state index contributed by atoms with van der Waals surface area (Å²) < 4.78 is 23.5. The maximum Gasteiger partial charge on any atom is 0.0589 e. The van der Waals surface area contributed by atoms with Crippen LogP contribution in [0.15, 0.2) is 21.1 Å². The lowest BCUT2D eigenvalue weighted by Crippen LogP contribution is -2.31. The molecule has 38 heavy (non-hydrogen) atoms. The molecule has 0 heterocycles. The van der Waals surface area contributed by atoms with Gasteiger partial charge in [-0.25, -0.2) is 0 Å². The van der Waals surface area contributed by atoms with Crippen LogP contribution in [0.3, 0.4) is 0 Å². The molecule has 0 aromatic heterocycles. The van der Waals surface area contributed by atoms with Gasteiger partial charge in [0.2, 0.25) is 0 Å². The first kappa shape index (κ1) is 36.0. The lowest BCUT2D eigenvalue weighted by molar-refractivity contribution is 0.113. The van der Waals surface area contributed by atoms with Crippen LogP contribution in [0.5, 0.6) is 0 Å². The third-order valence-electron chi connectivity index (χ3n) is 7.00. The van der Waals surface area contributed by atoms with E-state index in [1.54, 1.807) is 28.4 Å². The van der Waals surface area contributed by atoms with Gasteiger partial charge in [-0.05, 0) is 74.9 Å². The van der Waals surface area contributed by atoms with E-state index < -0.39 is 0 Å². The minimum atomic E-state index is 0.784. The van der Waals surface area contributed by atoms with Crippen LogP contribution in [0.1, 0.15) is 62.5 Å². The van der Waals surface area contributed by atoms with Gasteiger partial charge in [-0.2, -0.15) is 0 Å². The molecule has 0 amide bonds. The largest absolute Gasteiger partial charge is 0.383 e. The fourth-order valence-corrected chi connectivity index (χ4v) is 5.75. The van der Waals surface area contributed by atoms with Crippen LogP contribution in [0.25, 0.3) is 0 Å². The van der Waals surface area contributed by atoms with E-state index in [2.05, 4.69) is 53.8 Å². The first-order valence-electron chi connectivity index (χ1n) is 14.4. The Kier molecular flexibility index (Phi) is 23.4. The van der Waals surface area contributed by atoms with Crippen LogP contribution in [0.2, 0.25) is 0 Å². The quantitative estimate of drug-likeness (QED) is 0.104. The molecule has 0 N–H and O–H groups in total. The Labute approximate surface area is 250 Å². The van der Waals surface area contributed by atoms with Crippen LogP contribution >= 0.6 is 31.9 Å². The maximum absolute atomic E-state index is 5.24. The Morgan fingerprint density at radius 2 is 0.789 bits per heavy atom. The first-order valence-corrected chi connectivity index (χ1v) is 16.0. The highest BCUT2D eigenvalue weighted by Crippen LogP contribution is 2.29. The number of halogens is 2. The van der Waals surface area contributed by atoms with E-state index in [0.29, 0.717) is 0 Å². The first-order chi connectivity index (χ1) is 18.5. The van der Waals surface area contributed by atoms with Crippen molar-refractivity contribution < 1.29 is 18.9 Å². The molecule has 1 rings (SSSR count). The van der Waals surface area contributed by atoms with E-state index in [0.717, 1.165) is 78.5 Å². The van der Waals surface area contributed by atoms with Crippen molar-refractivity contribution in [3.8, 4) is 0 Å². The van der Waals surface area contributed by atoms with Crippen molar-refractivity contribution in [1.29, 1.82) is 0 Å². The van der Waals surface area contributed by atoms with Gasteiger partial charge in [0, 0.05) is 63.6 Å². The monoisotopic (exact) mass is 664 g/mol. The van der Waals surface area contributed by atoms with Crippen LogP contribution in [0.4, 0.5) is 0 Å². The molecule has 0 saturated heterocycles. The number of benzene rings is 1. The van der Waals surface area contributed by atoms with E-state index in [-0.39, 0.29) is 0 Å². The molecule has 0 bridgehead atoms. The summed E-state index contributed by atoms with van der Waals surface area (Å²) in [5.41, 5.74) is 2.82. The fraction of sp³-hybridized carbons (Fsp3) is 0.800. The number of aryl methyl sites for hydroxylation is 2. The van der Waals surface area contributed by atoms with Gasteiger partial charge in [0.25, 0.3) is 0 Å². The highest BCUT2D eigenvalue weighted by Gasteiger charge is 2.09. The van der Waals surface area contributed by atoms with E-state index >= 15 is 0 Å². The van der Waals surface area contributed by atoms with Crippen LogP contribution in [-0.2, 0) is 31.8 Å². The summed E-state index contributed by atoms with van der Waals surface area (Å²) in [7, 11) is 7.07. The van der Waals surface area contributed by atoms with Crippen LogP contribution in [0, 0.1) is 0 Å². The Morgan fingerprint density at radius 3 is 1.11 bits per heavy atom. The molecule has 0 radical (unpaired) electrons. The number of nitrogens with zero attached hydrogens (tertiary/aromatic N) is 2. The van der Waals surface area contributed by atoms with Gasteiger partial charge >= 0.3 is 0 Å². The molecule has 8 heteroatoms. The third-order valence-corrected chi connectivity index (χ3v) is 8.48. The Hall–Kier alpha value is -0.0600. The van der Waals surface area contributed by atoms with Crippen LogP contribution < -0.4 is 0 Å². The second-order valence-electron chi connectivity index (χ2n) is 10.0. The van der Waals surface area contributed by atoms with E-state index in [4.69, 9.17) is 18.9 Å². The van der Waals surface area contributed by atoms with Gasteiger partial charge < -0.3 is 18.9 Å². The fourth-order valence-electron chi connectivity index (χ4n) is 4.57. The molecule has 1 aromatic rings. The van der Waals surface area contributed by atoms with Crippen molar-refractivity contribution in [3.63, 3.8) is 0 Å². The average molecular weight is 667 g/mol. The molecule has 0 unspecified atom stereocenters. The summed E-state index contributed by atoms with van der Waals surface area (Å²) >= 11 is 7.69. The molecule has 0 fully saturated rings. The summed E-state index contributed by atoms with van der Waals surface area (Å²) in [4.78, 5) is 4.89. The second-order valence-corrected chi connectivity index (χ2v) is 11.7. The number of ether oxygens (including phenoxy) is 4. The van der Waals surface area contributed by atoms with Crippen molar-refractivity contribution in [2.24, 2.45) is 0 Å². The summed E-state index contributed by atoms with van der Waals surface area (Å²) in [6.07, 6.45) is 12.2. The standard InChI is InChI=1S/C30H54Br2N2O4/c1-35-21-17-33(18-22-36-2)15-11-7-5-9-13-27-25-30(32)28(26-29(27)31)14-10-6-8-12-16-34(19-23-37-3)20-24-38-4/h25-26H,5-24H2,1-4H3. The smallest absolute Gasteiger partial charge is 0.0589 e. The molecule has 0 spiro atoms. The predicted octanol–water partition coefficient (Wildman–Crippen LogP) is 6.61. The minimum absolute atomic E-state index is 0.784. The van der Waals surface area contributed by atoms with Gasteiger partial charge in [0.15, 0.2) is 0 Å². The van der Waals surface area contributed by atoms with Gasteiger partial charge in [-0.3, -0.25) is 9.80 Å². The summed E-state index contributed by atoms with van der Waals surface area (Å²) in [6.45, 7) is 9.30. The predicted molar refractivity (Wildman–Crippen MR) is 167 cm³/mol. The zero-order chi connectivity index (χ0) is 27.8. The molecule has 6 nitrogen and oxygen atoms in total. The summed E-state index contributed by atoms with van der Waals surface area (Å²) in [6, 6.07) is 4.67. The van der Waals surface area contributed by atoms with Crippen LogP contribution in [-0.4, -0.2) is 104 Å². The molecule has 0 aliphatic rings. The SMILES string of the molecule is COCCN(CCCCCCc1cc(Br)c(CCCCCCN(CCOC)CCOC)cc1Br)CCOC. The highest BCUT2D eigenvalue weighted by molar-refractivity contribution is 9.11. The molecule has 0 aliphatic carbocycles. The minimum Gasteiger partial charge on any atom is -0.383 e. The number of methoxy groups -OCH3 is 4. The Balaban J connectivity index is 2.28. The molecule has 0 atom stereocenters. The summed E-state index contributed by atoms with van der Waals surface area (Å²) in [5, 5.41) is 0. The Bertz CT molecular complexity index is 623. The van der Waals surface area contributed by atoms with E-state index in [1.165, 1.54) is 71.4 Å². The summed E-state index contributed by atoms with van der Waals surface area (Å²) in [5.74, 6) is 0. The van der Waals surface area contributed by atoms with E-state index in [1.807, 2.05) is 0 Å². The van der Waals surface area contributed by atoms with Gasteiger partial charge in [-0.1, -0.05) is 57.5 Å². The van der Waals surface area contributed by atoms with Crippen molar-refractivity contribution >= 4 is 31.9 Å². The second kappa shape index (κ2) is 24.7. The van der Waals surface area contributed by atoms with Crippen molar-refractivity contribution in [2.45, 2.75) is 64.2 Å². The molecule has 1 aromatic carbocycles. The molecule has 0 saturated carbocycles. The lowest BCUT2D eigenvalue weighted by atomic mass is 10.0. The lowest BCUT2D eigenvalue weighted by Gasteiger charge is -2.21. The number of rotatable bonds is 26. The number of hydrogen-bond acceptors (Lipinski definition) is 6. The van der Waals surface area contributed by atoms with Gasteiger partial charge in [0.1, 0.15) is 0 Å². The van der Waals surface area contributed by atoms with Crippen molar-refractivity contribution in [3.05, 3.63) is 32.2 Å². The molecular formula is C30H54Br2N2O4. The van der Waals surface area contributed by atoms with Crippen molar-refractivity contribution in [1.82, 2.24) is 9.80 Å².